The standard InChI is InChI=1S/C15H15N3O2S/c1-9-17-11-6-4-5-10(13(19)20)12(11)18(9)15(2,3)14-16-7-8-21-14/h4-8H,1-3H3,(H,19,20). The van der Waals surface area contributed by atoms with Crippen LogP contribution in [0.5, 0.6) is 0 Å². The highest BCUT2D eigenvalue weighted by Crippen LogP contribution is 2.33. The third-order valence-corrected chi connectivity index (χ3v) is 4.68. The topological polar surface area (TPSA) is 68.0 Å². The average Bonchev–Trinajstić information content (AvgIpc) is 3.04. The van der Waals surface area contributed by atoms with Crippen LogP contribution in [0.15, 0.2) is 29.8 Å². The van der Waals surface area contributed by atoms with Crippen LogP contribution >= 0.6 is 11.3 Å². The molecular formula is C15H15N3O2S. The van der Waals surface area contributed by atoms with E-state index >= 15 is 0 Å². The lowest BCUT2D eigenvalue weighted by Crippen LogP contribution is -2.29. The van der Waals surface area contributed by atoms with E-state index in [2.05, 4.69) is 9.97 Å². The molecule has 0 unspecified atom stereocenters. The number of carboxylic acids is 1. The summed E-state index contributed by atoms with van der Waals surface area (Å²) in [7, 11) is 0. The number of aromatic carboxylic acids is 1. The summed E-state index contributed by atoms with van der Waals surface area (Å²) in [5.74, 6) is -0.171. The molecule has 0 amide bonds. The van der Waals surface area contributed by atoms with Crippen molar-refractivity contribution in [3.05, 3.63) is 46.2 Å². The quantitative estimate of drug-likeness (QED) is 0.806. The fourth-order valence-electron chi connectivity index (χ4n) is 2.72. The van der Waals surface area contributed by atoms with Crippen molar-refractivity contribution >= 4 is 28.3 Å². The van der Waals surface area contributed by atoms with Crippen molar-refractivity contribution < 1.29 is 9.90 Å². The van der Waals surface area contributed by atoms with Gasteiger partial charge in [-0.2, -0.15) is 0 Å². The van der Waals surface area contributed by atoms with Gasteiger partial charge in [0.25, 0.3) is 0 Å². The molecule has 2 aromatic heterocycles. The van der Waals surface area contributed by atoms with Crippen LogP contribution in [0, 0.1) is 6.92 Å². The van der Waals surface area contributed by atoms with E-state index in [1.165, 1.54) is 0 Å². The monoisotopic (exact) mass is 301 g/mol. The lowest BCUT2D eigenvalue weighted by atomic mass is 10.0. The van der Waals surface area contributed by atoms with Crippen molar-refractivity contribution in [2.75, 3.05) is 0 Å². The number of aryl methyl sites for hydroxylation is 1. The zero-order valence-electron chi connectivity index (χ0n) is 12.0. The van der Waals surface area contributed by atoms with Crippen molar-refractivity contribution in [2.45, 2.75) is 26.3 Å². The number of benzene rings is 1. The zero-order valence-corrected chi connectivity index (χ0v) is 12.8. The maximum absolute atomic E-state index is 11.5. The van der Waals surface area contributed by atoms with Gasteiger partial charge in [-0.25, -0.2) is 14.8 Å². The van der Waals surface area contributed by atoms with Crippen LogP contribution in [0.25, 0.3) is 11.0 Å². The maximum Gasteiger partial charge on any atom is 0.337 e. The minimum atomic E-state index is -0.948. The van der Waals surface area contributed by atoms with Gasteiger partial charge in [-0.1, -0.05) is 6.07 Å². The molecule has 0 aliphatic heterocycles. The van der Waals surface area contributed by atoms with Gasteiger partial charge in [-0.15, -0.1) is 11.3 Å². The van der Waals surface area contributed by atoms with Gasteiger partial charge in [0, 0.05) is 11.6 Å². The summed E-state index contributed by atoms with van der Waals surface area (Å²) in [6, 6.07) is 5.17. The van der Waals surface area contributed by atoms with Crippen molar-refractivity contribution in [2.24, 2.45) is 0 Å². The van der Waals surface area contributed by atoms with Crippen molar-refractivity contribution in [3.8, 4) is 0 Å². The van der Waals surface area contributed by atoms with Crippen LogP contribution in [0.3, 0.4) is 0 Å². The summed E-state index contributed by atoms with van der Waals surface area (Å²) in [6.07, 6.45) is 1.76. The number of para-hydroxylation sites is 1. The summed E-state index contributed by atoms with van der Waals surface area (Å²) >= 11 is 1.55. The SMILES string of the molecule is Cc1nc2cccc(C(=O)O)c2n1C(C)(C)c1nccs1. The number of thiazole rings is 1. The van der Waals surface area contributed by atoms with Gasteiger partial charge in [0.2, 0.25) is 0 Å². The molecule has 0 fully saturated rings. The van der Waals surface area contributed by atoms with Crippen LogP contribution in [-0.2, 0) is 5.54 Å². The third-order valence-electron chi connectivity index (χ3n) is 3.59. The molecule has 3 rings (SSSR count). The Kier molecular flexibility index (Phi) is 3.06. The molecular weight excluding hydrogens is 286 g/mol. The summed E-state index contributed by atoms with van der Waals surface area (Å²) in [5.41, 5.74) is 1.14. The minimum Gasteiger partial charge on any atom is -0.478 e. The van der Waals surface area contributed by atoms with E-state index in [9.17, 15) is 9.90 Å². The number of hydrogen-bond acceptors (Lipinski definition) is 4. The van der Waals surface area contributed by atoms with E-state index in [0.717, 1.165) is 10.8 Å². The lowest BCUT2D eigenvalue weighted by molar-refractivity contribution is 0.0698. The van der Waals surface area contributed by atoms with E-state index in [-0.39, 0.29) is 5.56 Å². The van der Waals surface area contributed by atoms with E-state index < -0.39 is 11.5 Å². The first kappa shape index (κ1) is 13.8. The Bertz CT molecular complexity index is 819. The van der Waals surface area contributed by atoms with Crippen LogP contribution < -0.4 is 0 Å². The van der Waals surface area contributed by atoms with Crippen LogP contribution in [0.1, 0.15) is 35.0 Å². The number of carbonyl (C=O) groups is 1. The van der Waals surface area contributed by atoms with Crippen molar-refractivity contribution in [1.29, 1.82) is 0 Å². The predicted molar refractivity (Wildman–Crippen MR) is 82.0 cm³/mol. The van der Waals surface area contributed by atoms with Gasteiger partial charge >= 0.3 is 5.97 Å². The highest BCUT2D eigenvalue weighted by molar-refractivity contribution is 7.09. The molecule has 0 saturated heterocycles. The molecule has 3 aromatic rings. The van der Waals surface area contributed by atoms with Gasteiger partial charge in [0.15, 0.2) is 0 Å². The van der Waals surface area contributed by atoms with Gasteiger partial charge < -0.3 is 9.67 Å². The maximum atomic E-state index is 11.5. The zero-order chi connectivity index (χ0) is 15.2. The molecule has 5 nitrogen and oxygen atoms in total. The van der Waals surface area contributed by atoms with E-state index in [0.29, 0.717) is 11.0 Å². The van der Waals surface area contributed by atoms with Crippen LogP contribution in [0.4, 0.5) is 0 Å². The fourth-order valence-corrected chi connectivity index (χ4v) is 3.47. The smallest absolute Gasteiger partial charge is 0.337 e. The molecule has 0 aliphatic carbocycles. The summed E-state index contributed by atoms with van der Waals surface area (Å²) < 4.78 is 1.96. The average molecular weight is 301 g/mol. The fraction of sp³-hybridized carbons (Fsp3) is 0.267. The largest absolute Gasteiger partial charge is 0.478 e. The Morgan fingerprint density at radius 3 is 2.76 bits per heavy atom. The third kappa shape index (κ3) is 2.03. The molecule has 108 valence electrons. The molecule has 21 heavy (non-hydrogen) atoms. The predicted octanol–water partition coefficient (Wildman–Crippen LogP) is 3.28. The van der Waals surface area contributed by atoms with Gasteiger partial charge in [0.05, 0.1) is 22.1 Å². The summed E-state index contributed by atoms with van der Waals surface area (Å²) in [5, 5.41) is 12.3. The molecule has 0 atom stereocenters. The molecule has 1 N–H and O–H groups in total. The number of nitrogens with zero attached hydrogens (tertiary/aromatic N) is 3. The molecule has 0 bridgehead atoms. The van der Waals surface area contributed by atoms with Gasteiger partial charge in [0.1, 0.15) is 10.8 Å². The first-order chi connectivity index (χ1) is 9.93. The number of imidazole rings is 1. The molecule has 0 radical (unpaired) electrons. The lowest BCUT2D eigenvalue weighted by Gasteiger charge is -2.27. The van der Waals surface area contributed by atoms with Crippen molar-refractivity contribution in [1.82, 2.24) is 14.5 Å². The second kappa shape index (κ2) is 4.66. The minimum absolute atomic E-state index is 0.262. The molecule has 0 saturated carbocycles. The number of fused-ring (bicyclic) bond motifs is 1. The highest BCUT2D eigenvalue weighted by Gasteiger charge is 2.30. The normalized spacial score (nSPS) is 12.0. The summed E-state index contributed by atoms with van der Waals surface area (Å²) in [6.45, 7) is 5.94. The Morgan fingerprint density at radius 1 is 1.38 bits per heavy atom. The Balaban J connectivity index is 2.37. The Labute approximate surface area is 125 Å². The summed E-state index contributed by atoms with van der Waals surface area (Å²) in [4.78, 5) is 20.4. The number of aromatic nitrogens is 3. The number of rotatable bonds is 3. The van der Waals surface area contributed by atoms with E-state index in [4.69, 9.17) is 0 Å². The molecule has 2 heterocycles. The molecule has 0 spiro atoms. The molecule has 0 aliphatic rings. The van der Waals surface area contributed by atoms with Crippen LogP contribution in [-0.4, -0.2) is 25.6 Å². The van der Waals surface area contributed by atoms with Gasteiger partial charge in [-0.3, -0.25) is 0 Å². The molecule has 6 heteroatoms. The van der Waals surface area contributed by atoms with Crippen molar-refractivity contribution in [3.63, 3.8) is 0 Å². The van der Waals surface area contributed by atoms with E-state index in [1.54, 1.807) is 29.7 Å². The highest BCUT2D eigenvalue weighted by atomic mass is 32.1. The molecule has 1 aromatic carbocycles. The number of carboxylic acid groups (broad SMARTS) is 1. The van der Waals surface area contributed by atoms with E-state index in [1.807, 2.05) is 36.8 Å². The van der Waals surface area contributed by atoms with Crippen LogP contribution in [0.2, 0.25) is 0 Å². The Morgan fingerprint density at radius 2 is 2.14 bits per heavy atom. The second-order valence-electron chi connectivity index (χ2n) is 5.37. The Hall–Kier alpha value is -2.21. The second-order valence-corrected chi connectivity index (χ2v) is 6.26. The first-order valence-electron chi connectivity index (χ1n) is 6.54. The number of hydrogen-bond donors (Lipinski definition) is 1. The van der Waals surface area contributed by atoms with Gasteiger partial charge in [-0.05, 0) is 32.9 Å². The first-order valence-corrected chi connectivity index (χ1v) is 7.42.